The van der Waals surface area contributed by atoms with Crippen LogP contribution in [0.15, 0.2) is 36.5 Å². The van der Waals surface area contributed by atoms with E-state index in [0.29, 0.717) is 0 Å². The van der Waals surface area contributed by atoms with Gasteiger partial charge in [0.15, 0.2) is 0 Å². The maximum Gasteiger partial charge on any atom is 0.0733 e. The predicted molar refractivity (Wildman–Crippen MR) is 77.5 cm³/mol. The van der Waals surface area contributed by atoms with Gasteiger partial charge in [0, 0.05) is 17.6 Å². The lowest BCUT2D eigenvalue weighted by molar-refractivity contribution is 0.306. The standard InChI is InChI=1S/C16H22N2/c1-16(2,3)14(17)10-9-13-7-4-6-12-8-5-11-18-15(12)13/h4-8,11,14H,9-10,17H2,1-3H3. The summed E-state index contributed by atoms with van der Waals surface area (Å²) in [6.45, 7) is 6.58. The highest BCUT2D eigenvalue weighted by Gasteiger charge is 2.20. The third-order valence-electron chi connectivity index (χ3n) is 3.55. The number of pyridine rings is 1. The largest absolute Gasteiger partial charge is 0.327 e. The Bertz CT molecular complexity index is 521. The Morgan fingerprint density at radius 3 is 2.61 bits per heavy atom. The number of benzene rings is 1. The lowest BCUT2D eigenvalue weighted by Gasteiger charge is -2.27. The van der Waals surface area contributed by atoms with E-state index in [4.69, 9.17) is 5.73 Å². The number of rotatable bonds is 3. The molecule has 2 N–H and O–H groups in total. The minimum absolute atomic E-state index is 0.165. The molecule has 2 rings (SSSR count). The Balaban J connectivity index is 2.18. The number of aromatic nitrogens is 1. The zero-order chi connectivity index (χ0) is 13.2. The molecule has 0 saturated heterocycles. The molecule has 18 heavy (non-hydrogen) atoms. The Kier molecular flexibility index (Phi) is 3.67. The zero-order valence-corrected chi connectivity index (χ0v) is 11.5. The van der Waals surface area contributed by atoms with Crippen LogP contribution >= 0.6 is 0 Å². The van der Waals surface area contributed by atoms with Crippen molar-refractivity contribution in [1.82, 2.24) is 4.98 Å². The van der Waals surface area contributed by atoms with Gasteiger partial charge < -0.3 is 5.73 Å². The van der Waals surface area contributed by atoms with Crippen LogP contribution in [0.4, 0.5) is 0 Å². The highest BCUT2D eigenvalue weighted by molar-refractivity contribution is 5.81. The quantitative estimate of drug-likeness (QED) is 0.894. The van der Waals surface area contributed by atoms with Crippen molar-refractivity contribution in [2.24, 2.45) is 11.1 Å². The van der Waals surface area contributed by atoms with Gasteiger partial charge in [-0.2, -0.15) is 0 Å². The first-order valence-corrected chi connectivity index (χ1v) is 6.56. The highest BCUT2D eigenvalue weighted by Crippen LogP contribution is 2.23. The van der Waals surface area contributed by atoms with Crippen LogP contribution in [0.3, 0.4) is 0 Å². The van der Waals surface area contributed by atoms with E-state index in [9.17, 15) is 0 Å². The molecule has 0 fully saturated rings. The SMILES string of the molecule is CC(C)(C)C(N)CCc1cccc2cccnc12. The molecule has 1 heterocycles. The van der Waals surface area contributed by atoms with Crippen molar-refractivity contribution in [3.63, 3.8) is 0 Å². The minimum atomic E-state index is 0.165. The van der Waals surface area contributed by atoms with E-state index in [1.165, 1.54) is 10.9 Å². The van der Waals surface area contributed by atoms with Gasteiger partial charge in [0.2, 0.25) is 0 Å². The van der Waals surface area contributed by atoms with Crippen molar-refractivity contribution in [3.8, 4) is 0 Å². The highest BCUT2D eigenvalue weighted by atomic mass is 14.7. The minimum Gasteiger partial charge on any atom is -0.327 e. The summed E-state index contributed by atoms with van der Waals surface area (Å²) in [4.78, 5) is 4.48. The molecule has 1 unspecified atom stereocenters. The predicted octanol–water partition coefficient (Wildman–Crippen LogP) is 3.54. The van der Waals surface area contributed by atoms with E-state index < -0.39 is 0 Å². The molecule has 1 atom stereocenters. The van der Waals surface area contributed by atoms with Crippen LogP contribution in [0.2, 0.25) is 0 Å². The fourth-order valence-corrected chi connectivity index (χ4v) is 2.11. The number of hydrogen-bond acceptors (Lipinski definition) is 2. The molecule has 0 aliphatic heterocycles. The van der Waals surface area contributed by atoms with Crippen LogP contribution in [-0.4, -0.2) is 11.0 Å². The average Bonchev–Trinajstić information content (AvgIpc) is 2.34. The van der Waals surface area contributed by atoms with E-state index in [1.54, 1.807) is 0 Å². The molecular weight excluding hydrogens is 220 g/mol. The maximum absolute atomic E-state index is 6.22. The molecule has 0 radical (unpaired) electrons. The first-order chi connectivity index (χ1) is 8.48. The first kappa shape index (κ1) is 13.0. The molecule has 1 aromatic heterocycles. The molecule has 0 amide bonds. The topological polar surface area (TPSA) is 38.9 Å². The van der Waals surface area contributed by atoms with Gasteiger partial charge in [-0.15, -0.1) is 0 Å². The van der Waals surface area contributed by atoms with Gasteiger partial charge in [-0.1, -0.05) is 45.0 Å². The molecular formula is C16H22N2. The molecule has 0 bridgehead atoms. The molecule has 96 valence electrons. The van der Waals surface area contributed by atoms with E-state index in [0.717, 1.165) is 18.4 Å². The van der Waals surface area contributed by atoms with Gasteiger partial charge in [0.05, 0.1) is 5.52 Å². The Morgan fingerprint density at radius 1 is 1.17 bits per heavy atom. The van der Waals surface area contributed by atoms with Crippen molar-refractivity contribution >= 4 is 10.9 Å². The molecule has 0 spiro atoms. The summed E-state index contributed by atoms with van der Waals surface area (Å²) in [5.74, 6) is 0. The van der Waals surface area contributed by atoms with E-state index in [2.05, 4.69) is 50.0 Å². The summed E-state index contributed by atoms with van der Waals surface area (Å²) in [5.41, 5.74) is 8.80. The zero-order valence-electron chi connectivity index (χ0n) is 11.5. The van der Waals surface area contributed by atoms with Crippen molar-refractivity contribution in [3.05, 3.63) is 42.1 Å². The molecule has 1 aromatic carbocycles. The summed E-state index contributed by atoms with van der Waals surface area (Å²) in [5, 5.41) is 1.21. The van der Waals surface area contributed by atoms with Crippen LogP contribution in [0, 0.1) is 5.41 Å². The van der Waals surface area contributed by atoms with Crippen LogP contribution in [0.5, 0.6) is 0 Å². The van der Waals surface area contributed by atoms with Gasteiger partial charge in [-0.25, -0.2) is 0 Å². The Morgan fingerprint density at radius 2 is 1.89 bits per heavy atom. The van der Waals surface area contributed by atoms with Crippen molar-refractivity contribution in [1.29, 1.82) is 0 Å². The maximum atomic E-state index is 6.22. The van der Waals surface area contributed by atoms with E-state index >= 15 is 0 Å². The number of para-hydroxylation sites is 1. The summed E-state index contributed by atoms with van der Waals surface area (Å²) < 4.78 is 0. The second-order valence-electron chi connectivity index (χ2n) is 6.00. The average molecular weight is 242 g/mol. The van der Waals surface area contributed by atoms with Crippen LogP contribution in [-0.2, 0) is 6.42 Å². The molecule has 2 aromatic rings. The van der Waals surface area contributed by atoms with Crippen molar-refractivity contribution in [2.45, 2.75) is 39.7 Å². The lowest BCUT2D eigenvalue weighted by Crippen LogP contribution is -2.35. The fraction of sp³-hybridized carbons (Fsp3) is 0.438. The molecule has 0 aliphatic carbocycles. The third-order valence-corrected chi connectivity index (χ3v) is 3.55. The Labute approximate surface area is 109 Å². The number of fused-ring (bicyclic) bond motifs is 1. The van der Waals surface area contributed by atoms with E-state index in [1.807, 2.05) is 12.3 Å². The molecule has 2 heteroatoms. The van der Waals surface area contributed by atoms with Gasteiger partial charge in [-0.3, -0.25) is 4.98 Å². The summed E-state index contributed by atoms with van der Waals surface area (Å²) in [6.07, 6.45) is 3.85. The number of hydrogen-bond donors (Lipinski definition) is 1. The summed E-state index contributed by atoms with van der Waals surface area (Å²) >= 11 is 0. The summed E-state index contributed by atoms with van der Waals surface area (Å²) in [6, 6.07) is 10.7. The van der Waals surface area contributed by atoms with Gasteiger partial charge >= 0.3 is 0 Å². The number of aryl methyl sites for hydroxylation is 1. The first-order valence-electron chi connectivity index (χ1n) is 6.56. The second-order valence-corrected chi connectivity index (χ2v) is 6.00. The molecule has 2 nitrogen and oxygen atoms in total. The molecule has 0 saturated carbocycles. The smallest absolute Gasteiger partial charge is 0.0733 e. The fourth-order valence-electron chi connectivity index (χ4n) is 2.11. The van der Waals surface area contributed by atoms with Crippen molar-refractivity contribution in [2.75, 3.05) is 0 Å². The van der Waals surface area contributed by atoms with Crippen LogP contribution in [0.25, 0.3) is 10.9 Å². The molecule has 0 aliphatic rings. The van der Waals surface area contributed by atoms with Gasteiger partial charge in [-0.05, 0) is 29.9 Å². The van der Waals surface area contributed by atoms with Gasteiger partial charge in [0.25, 0.3) is 0 Å². The number of nitrogens with zero attached hydrogens (tertiary/aromatic N) is 1. The van der Waals surface area contributed by atoms with Crippen molar-refractivity contribution < 1.29 is 0 Å². The summed E-state index contributed by atoms with van der Waals surface area (Å²) in [7, 11) is 0. The normalized spacial score (nSPS) is 13.8. The van der Waals surface area contributed by atoms with Gasteiger partial charge in [0.1, 0.15) is 0 Å². The lowest BCUT2D eigenvalue weighted by atomic mass is 9.84. The monoisotopic (exact) mass is 242 g/mol. The third kappa shape index (κ3) is 2.88. The van der Waals surface area contributed by atoms with Crippen LogP contribution < -0.4 is 5.73 Å². The Hall–Kier alpha value is -1.41. The second kappa shape index (κ2) is 5.07. The number of nitrogens with two attached hydrogens (primary N) is 1. The van der Waals surface area contributed by atoms with Crippen LogP contribution in [0.1, 0.15) is 32.8 Å². The van der Waals surface area contributed by atoms with E-state index in [-0.39, 0.29) is 11.5 Å².